The summed E-state index contributed by atoms with van der Waals surface area (Å²) in [5.41, 5.74) is 0.255. The van der Waals surface area contributed by atoms with E-state index in [1.54, 1.807) is 7.05 Å². The van der Waals surface area contributed by atoms with Gasteiger partial charge >= 0.3 is 0 Å². The number of benzene rings is 1. The van der Waals surface area contributed by atoms with Crippen molar-refractivity contribution in [2.75, 3.05) is 33.9 Å². The standard InChI is InChI=1S/C21H30ClN3O5/c1-13(2)7-9-30-19-15(22)10-14(11-17(19)29-4)20(27)24-12-18(26)25-8-5-6-16(25)21(28)23-3/h10-11,13,16H,5-9,12H2,1-4H3,(H,23,28)(H,24,27). The Bertz CT molecular complexity index is 784. The van der Waals surface area contributed by atoms with E-state index < -0.39 is 11.9 Å². The van der Waals surface area contributed by atoms with Crippen molar-refractivity contribution in [3.8, 4) is 11.5 Å². The van der Waals surface area contributed by atoms with E-state index in [0.29, 0.717) is 37.0 Å². The Balaban J connectivity index is 2.02. The van der Waals surface area contributed by atoms with Crippen molar-refractivity contribution in [3.05, 3.63) is 22.7 Å². The molecule has 0 radical (unpaired) electrons. The molecule has 0 aromatic heterocycles. The third-order valence-electron chi connectivity index (χ3n) is 4.96. The molecule has 2 N–H and O–H groups in total. The van der Waals surface area contributed by atoms with Gasteiger partial charge in [0.1, 0.15) is 6.04 Å². The van der Waals surface area contributed by atoms with Crippen molar-refractivity contribution in [2.45, 2.75) is 39.2 Å². The molecular weight excluding hydrogens is 410 g/mol. The van der Waals surface area contributed by atoms with Crippen LogP contribution in [0, 0.1) is 5.92 Å². The fourth-order valence-corrected chi connectivity index (χ4v) is 3.52. The maximum Gasteiger partial charge on any atom is 0.251 e. The van der Waals surface area contributed by atoms with Gasteiger partial charge in [0, 0.05) is 19.2 Å². The summed E-state index contributed by atoms with van der Waals surface area (Å²) >= 11 is 6.30. The van der Waals surface area contributed by atoms with Gasteiger partial charge in [-0.1, -0.05) is 25.4 Å². The molecule has 1 saturated heterocycles. The number of likely N-dealkylation sites (N-methyl/N-ethyl adjacent to an activating group) is 1. The predicted octanol–water partition coefficient (Wildman–Crippen LogP) is 2.24. The minimum atomic E-state index is -0.490. The number of hydrogen-bond donors (Lipinski definition) is 2. The molecule has 1 heterocycles. The second-order valence-electron chi connectivity index (χ2n) is 7.56. The van der Waals surface area contributed by atoms with Crippen LogP contribution in [0.2, 0.25) is 5.02 Å². The Hall–Kier alpha value is -2.48. The quantitative estimate of drug-likeness (QED) is 0.615. The largest absolute Gasteiger partial charge is 0.493 e. The molecule has 166 valence electrons. The number of methoxy groups -OCH3 is 1. The number of likely N-dealkylation sites (tertiary alicyclic amines) is 1. The zero-order valence-electron chi connectivity index (χ0n) is 17.9. The molecule has 30 heavy (non-hydrogen) atoms. The summed E-state index contributed by atoms with van der Waals surface area (Å²) in [6, 6.07) is 2.52. The number of carbonyl (C=O) groups excluding carboxylic acids is 3. The first-order chi connectivity index (χ1) is 14.3. The Morgan fingerprint density at radius 1 is 1.30 bits per heavy atom. The third kappa shape index (κ3) is 6.01. The first kappa shape index (κ1) is 23.8. The molecular formula is C21H30ClN3O5. The summed E-state index contributed by atoms with van der Waals surface area (Å²) in [5, 5.41) is 5.42. The molecule has 3 amide bonds. The summed E-state index contributed by atoms with van der Waals surface area (Å²) in [6.45, 7) is 4.95. The number of rotatable bonds is 9. The van der Waals surface area contributed by atoms with E-state index in [1.807, 2.05) is 0 Å². The number of halogens is 1. The van der Waals surface area contributed by atoms with Crippen LogP contribution in [0.15, 0.2) is 12.1 Å². The molecule has 8 nitrogen and oxygen atoms in total. The molecule has 0 saturated carbocycles. The maximum absolute atomic E-state index is 12.6. The van der Waals surface area contributed by atoms with E-state index in [4.69, 9.17) is 21.1 Å². The lowest BCUT2D eigenvalue weighted by atomic mass is 10.1. The summed E-state index contributed by atoms with van der Waals surface area (Å²) in [4.78, 5) is 38.5. The SMILES string of the molecule is CNC(=O)C1CCCN1C(=O)CNC(=O)c1cc(Cl)c(OCCC(C)C)c(OC)c1. The van der Waals surface area contributed by atoms with Crippen molar-refractivity contribution in [2.24, 2.45) is 5.92 Å². The van der Waals surface area contributed by atoms with Gasteiger partial charge in [-0.3, -0.25) is 14.4 Å². The summed E-state index contributed by atoms with van der Waals surface area (Å²) in [5.74, 6) is 0.252. The predicted molar refractivity (Wildman–Crippen MR) is 114 cm³/mol. The van der Waals surface area contributed by atoms with Gasteiger partial charge in [0.2, 0.25) is 11.8 Å². The minimum absolute atomic E-state index is 0.197. The smallest absolute Gasteiger partial charge is 0.251 e. The van der Waals surface area contributed by atoms with Crippen LogP contribution in [0.1, 0.15) is 43.5 Å². The first-order valence-electron chi connectivity index (χ1n) is 10.1. The van der Waals surface area contributed by atoms with E-state index in [1.165, 1.54) is 24.1 Å². The van der Waals surface area contributed by atoms with Crippen molar-refractivity contribution in [3.63, 3.8) is 0 Å². The second kappa shape index (κ2) is 11.1. The summed E-state index contributed by atoms with van der Waals surface area (Å²) < 4.78 is 11.1. The van der Waals surface area contributed by atoms with Crippen LogP contribution in [0.25, 0.3) is 0 Å². The minimum Gasteiger partial charge on any atom is -0.493 e. The van der Waals surface area contributed by atoms with Crippen LogP contribution in [-0.2, 0) is 9.59 Å². The zero-order valence-corrected chi connectivity index (χ0v) is 18.7. The van der Waals surface area contributed by atoms with Crippen molar-refractivity contribution < 1.29 is 23.9 Å². The molecule has 1 aromatic carbocycles. The average Bonchev–Trinajstić information content (AvgIpc) is 3.21. The molecule has 9 heteroatoms. The number of nitrogens with one attached hydrogen (secondary N) is 2. The van der Waals surface area contributed by atoms with Crippen LogP contribution in [0.3, 0.4) is 0 Å². The fraction of sp³-hybridized carbons (Fsp3) is 0.571. The lowest BCUT2D eigenvalue weighted by Crippen LogP contribution is -2.48. The van der Waals surface area contributed by atoms with Crippen LogP contribution in [0.5, 0.6) is 11.5 Å². The topological polar surface area (TPSA) is 97.0 Å². The zero-order chi connectivity index (χ0) is 22.3. The first-order valence-corrected chi connectivity index (χ1v) is 10.5. The van der Waals surface area contributed by atoms with E-state index in [2.05, 4.69) is 24.5 Å². The van der Waals surface area contributed by atoms with Crippen LogP contribution < -0.4 is 20.1 Å². The Morgan fingerprint density at radius 3 is 2.67 bits per heavy atom. The molecule has 0 aliphatic carbocycles. The number of hydrogen-bond acceptors (Lipinski definition) is 5. The average molecular weight is 440 g/mol. The van der Waals surface area contributed by atoms with Gasteiger partial charge < -0.3 is 25.0 Å². The van der Waals surface area contributed by atoms with Gasteiger partial charge in [-0.05, 0) is 37.3 Å². The summed E-state index contributed by atoms with van der Waals surface area (Å²) in [7, 11) is 3.01. The van der Waals surface area contributed by atoms with Crippen molar-refractivity contribution in [1.29, 1.82) is 0 Å². The van der Waals surface area contributed by atoms with Gasteiger partial charge in [-0.2, -0.15) is 0 Å². The van der Waals surface area contributed by atoms with E-state index in [-0.39, 0.29) is 28.9 Å². The lowest BCUT2D eigenvalue weighted by Gasteiger charge is -2.23. The van der Waals surface area contributed by atoms with Gasteiger partial charge in [0.05, 0.1) is 25.3 Å². The number of nitrogens with zero attached hydrogens (tertiary/aromatic N) is 1. The molecule has 1 aliphatic heterocycles. The Kier molecular flexibility index (Phi) is 8.77. The highest BCUT2D eigenvalue weighted by Crippen LogP contribution is 2.36. The van der Waals surface area contributed by atoms with Crippen LogP contribution in [-0.4, -0.2) is 62.5 Å². The van der Waals surface area contributed by atoms with Crippen LogP contribution in [0.4, 0.5) is 0 Å². The Labute approximate surface area is 182 Å². The normalized spacial score (nSPS) is 15.8. The van der Waals surface area contributed by atoms with Crippen molar-refractivity contribution >= 4 is 29.3 Å². The molecule has 1 aromatic rings. The van der Waals surface area contributed by atoms with Gasteiger partial charge in [-0.25, -0.2) is 0 Å². The lowest BCUT2D eigenvalue weighted by molar-refractivity contribution is -0.137. The Morgan fingerprint density at radius 2 is 2.03 bits per heavy atom. The van der Waals surface area contributed by atoms with Gasteiger partial charge in [0.25, 0.3) is 5.91 Å². The fourth-order valence-electron chi connectivity index (χ4n) is 3.25. The molecule has 2 rings (SSSR count). The summed E-state index contributed by atoms with van der Waals surface area (Å²) in [6.07, 6.45) is 2.23. The highest BCUT2D eigenvalue weighted by atomic mass is 35.5. The van der Waals surface area contributed by atoms with Crippen molar-refractivity contribution in [1.82, 2.24) is 15.5 Å². The van der Waals surface area contributed by atoms with Crippen LogP contribution >= 0.6 is 11.6 Å². The number of amides is 3. The molecule has 1 atom stereocenters. The maximum atomic E-state index is 12.6. The molecule has 0 spiro atoms. The molecule has 1 unspecified atom stereocenters. The molecule has 0 bridgehead atoms. The van der Waals surface area contributed by atoms with Gasteiger partial charge in [0.15, 0.2) is 11.5 Å². The highest BCUT2D eigenvalue weighted by molar-refractivity contribution is 6.32. The molecule has 1 aliphatic rings. The highest BCUT2D eigenvalue weighted by Gasteiger charge is 2.33. The molecule has 1 fully saturated rings. The number of ether oxygens (including phenoxy) is 2. The van der Waals surface area contributed by atoms with E-state index in [9.17, 15) is 14.4 Å². The van der Waals surface area contributed by atoms with E-state index in [0.717, 1.165) is 12.8 Å². The van der Waals surface area contributed by atoms with Gasteiger partial charge in [-0.15, -0.1) is 0 Å². The van der Waals surface area contributed by atoms with E-state index >= 15 is 0 Å². The second-order valence-corrected chi connectivity index (χ2v) is 7.97. The number of carbonyl (C=O) groups is 3. The monoisotopic (exact) mass is 439 g/mol. The third-order valence-corrected chi connectivity index (χ3v) is 5.24.